The molecule has 0 unspecified atom stereocenters. The third-order valence-corrected chi connectivity index (χ3v) is 4.72. The molecule has 4 nitrogen and oxygen atoms in total. The van der Waals surface area contributed by atoms with E-state index >= 15 is 0 Å². The van der Waals surface area contributed by atoms with Crippen LogP contribution < -0.4 is 9.80 Å². The minimum atomic E-state index is 0.808. The first-order chi connectivity index (χ1) is 11.9. The fourth-order valence-electron chi connectivity index (χ4n) is 3.31. The number of rotatable bonds is 3. The summed E-state index contributed by atoms with van der Waals surface area (Å²) in [5, 5.41) is 0. The van der Waals surface area contributed by atoms with Crippen LogP contribution in [0.2, 0.25) is 0 Å². The van der Waals surface area contributed by atoms with Crippen molar-refractivity contribution >= 4 is 11.4 Å². The lowest BCUT2D eigenvalue weighted by Gasteiger charge is -2.29. The second-order valence-electron chi connectivity index (χ2n) is 6.21. The highest BCUT2D eigenvalue weighted by atomic mass is 16.5. The Morgan fingerprint density at radius 3 is 1.92 bits per heavy atom. The maximum absolute atomic E-state index is 5.44. The van der Waals surface area contributed by atoms with E-state index in [9.17, 15) is 0 Å². The highest BCUT2D eigenvalue weighted by Crippen LogP contribution is 2.27. The second kappa shape index (κ2) is 7.24. The summed E-state index contributed by atoms with van der Waals surface area (Å²) >= 11 is 0. The average molecular weight is 323 g/mol. The maximum Gasteiger partial charge on any atom is 0.0642 e. The molecule has 0 aromatic heterocycles. The van der Waals surface area contributed by atoms with Gasteiger partial charge in [0.1, 0.15) is 0 Å². The van der Waals surface area contributed by atoms with Crippen LogP contribution in [-0.2, 0) is 9.47 Å². The first-order valence-corrected chi connectivity index (χ1v) is 8.68. The molecule has 24 heavy (non-hydrogen) atoms. The fraction of sp³-hybridized carbons (Fsp3) is 0.400. The van der Waals surface area contributed by atoms with Crippen molar-refractivity contribution in [1.82, 2.24) is 0 Å². The van der Waals surface area contributed by atoms with Gasteiger partial charge in [0.2, 0.25) is 0 Å². The van der Waals surface area contributed by atoms with E-state index in [-0.39, 0.29) is 0 Å². The predicted octanol–water partition coefficient (Wildman–Crippen LogP) is 2.83. The van der Waals surface area contributed by atoms with E-state index in [0.717, 1.165) is 58.2 Å². The van der Waals surface area contributed by atoms with Crippen LogP contribution in [0.15, 0.2) is 42.5 Å². The summed E-state index contributed by atoms with van der Waals surface area (Å²) in [5.41, 5.74) is 4.88. The molecule has 2 heterocycles. The Balaban J connectivity index is 1.52. The van der Waals surface area contributed by atoms with Gasteiger partial charge in [0, 0.05) is 37.6 Å². The summed E-state index contributed by atoms with van der Waals surface area (Å²) in [5.74, 6) is 0. The molecule has 2 aromatic rings. The van der Waals surface area contributed by atoms with Crippen molar-refractivity contribution < 1.29 is 9.47 Å². The van der Waals surface area contributed by atoms with Crippen LogP contribution in [0, 0.1) is 6.07 Å². The average Bonchev–Trinajstić information content (AvgIpc) is 2.70. The fourth-order valence-corrected chi connectivity index (χ4v) is 3.31. The molecule has 4 heteroatoms. The van der Waals surface area contributed by atoms with Gasteiger partial charge in [-0.15, -0.1) is 0 Å². The standard InChI is InChI=1S/C20H23N2O2/c1-2-18(16-20(3-1)22-10-14-24-15-11-22)17-4-6-19(7-5-17)21-8-12-23-13-9-21/h1,3-7,16H,8-15H2. The smallest absolute Gasteiger partial charge is 0.0642 e. The third-order valence-electron chi connectivity index (χ3n) is 4.72. The Hall–Kier alpha value is -2.04. The Morgan fingerprint density at radius 2 is 1.29 bits per heavy atom. The van der Waals surface area contributed by atoms with E-state index in [1.165, 1.54) is 16.9 Å². The van der Waals surface area contributed by atoms with Crippen molar-refractivity contribution in [3.8, 4) is 11.1 Å². The Morgan fingerprint density at radius 1 is 0.708 bits per heavy atom. The first kappa shape index (κ1) is 15.5. The maximum atomic E-state index is 5.44. The molecule has 0 amide bonds. The van der Waals surface area contributed by atoms with Crippen molar-refractivity contribution in [2.75, 3.05) is 62.4 Å². The number of ether oxygens (including phenoxy) is 2. The molecule has 0 N–H and O–H groups in total. The predicted molar refractivity (Wildman–Crippen MR) is 96.8 cm³/mol. The summed E-state index contributed by atoms with van der Waals surface area (Å²) in [4.78, 5) is 4.75. The van der Waals surface area contributed by atoms with Crippen LogP contribution in [0.5, 0.6) is 0 Å². The molecule has 4 rings (SSSR count). The highest BCUT2D eigenvalue weighted by Gasteiger charge is 2.13. The molecule has 2 aromatic carbocycles. The van der Waals surface area contributed by atoms with Crippen molar-refractivity contribution in [3.05, 3.63) is 48.5 Å². The number of hydrogen-bond acceptors (Lipinski definition) is 4. The molecule has 0 bridgehead atoms. The van der Waals surface area contributed by atoms with Crippen LogP contribution in [0.25, 0.3) is 11.1 Å². The largest absolute Gasteiger partial charge is 0.378 e. The topological polar surface area (TPSA) is 24.9 Å². The minimum absolute atomic E-state index is 0.808. The Labute approximate surface area is 143 Å². The Bertz CT molecular complexity index is 660. The third kappa shape index (κ3) is 3.40. The number of nitrogens with zero attached hydrogens (tertiary/aromatic N) is 2. The molecule has 2 aliphatic rings. The van der Waals surface area contributed by atoms with Crippen LogP contribution in [0.1, 0.15) is 0 Å². The van der Waals surface area contributed by atoms with Crippen LogP contribution in [0.4, 0.5) is 11.4 Å². The number of hydrogen-bond donors (Lipinski definition) is 0. The molecule has 0 aliphatic carbocycles. The molecule has 1 radical (unpaired) electrons. The van der Waals surface area contributed by atoms with Gasteiger partial charge in [-0.25, -0.2) is 0 Å². The van der Waals surface area contributed by atoms with Gasteiger partial charge in [-0.2, -0.15) is 0 Å². The molecule has 0 atom stereocenters. The molecule has 0 spiro atoms. The van der Waals surface area contributed by atoms with Gasteiger partial charge < -0.3 is 19.3 Å². The van der Waals surface area contributed by atoms with Gasteiger partial charge in [0.15, 0.2) is 0 Å². The highest BCUT2D eigenvalue weighted by molar-refractivity contribution is 5.70. The molecular formula is C20H23N2O2. The van der Waals surface area contributed by atoms with E-state index in [2.05, 4.69) is 52.3 Å². The van der Waals surface area contributed by atoms with Gasteiger partial charge in [0.25, 0.3) is 0 Å². The van der Waals surface area contributed by atoms with E-state index in [1.54, 1.807) is 0 Å². The zero-order valence-corrected chi connectivity index (χ0v) is 13.9. The number of morpholine rings is 2. The van der Waals surface area contributed by atoms with Crippen molar-refractivity contribution in [1.29, 1.82) is 0 Å². The van der Waals surface area contributed by atoms with Crippen molar-refractivity contribution in [2.24, 2.45) is 0 Å². The Kier molecular flexibility index (Phi) is 4.67. The lowest BCUT2D eigenvalue weighted by atomic mass is 10.0. The second-order valence-corrected chi connectivity index (χ2v) is 6.21. The van der Waals surface area contributed by atoms with E-state index in [1.807, 2.05) is 6.07 Å². The monoisotopic (exact) mass is 323 g/mol. The van der Waals surface area contributed by atoms with Gasteiger partial charge in [-0.3, -0.25) is 0 Å². The van der Waals surface area contributed by atoms with E-state index in [0.29, 0.717) is 0 Å². The van der Waals surface area contributed by atoms with Crippen molar-refractivity contribution in [3.63, 3.8) is 0 Å². The van der Waals surface area contributed by atoms with E-state index in [4.69, 9.17) is 9.47 Å². The lowest BCUT2D eigenvalue weighted by molar-refractivity contribution is 0.122. The molecule has 2 aliphatic heterocycles. The summed E-state index contributed by atoms with van der Waals surface area (Å²) in [6.45, 7) is 7.10. The summed E-state index contributed by atoms with van der Waals surface area (Å²) < 4.78 is 10.9. The normalized spacial score (nSPS) is 18.7. The quantitative estimate of drug-likeness (QED) is 0.867. The molecule has 125 valence electrons. The van der Waals surface area contributed by atoms with Gasteiger partial charge in [0.05, 0.1) is 26.4 Å². The van der Waals surface area contributed by atoms with Crippen molar-refractivity contribution in [2.45, 2.75) is 0 Å². The van der Waals surface area contributed by atoms with Crippen LogP contribution in [-0.4, -0.2) is 52.6 Å². The lowest BCUT2D eigenvalue weighted by Crippen LogP contribution is -2.36. The van der Waals surface area contributed by atoms with Gasteiger partial charge in [-0.1, -0.05) is 18.2 Å². The first-order valence-electron chi connectivity index (χ1n) is 8.68. The summed E-state index contributed by atoms with van der Waals surface area (Å²) in [6.07, 6.45) is 0. The SMILES string of the molecule is [c]1ccc(N2CCOCC2)cc1-c1ccc(N2CCOCC2)cc1. The van der Waals surface area contributed by atoms with Gasteiger partial charge in [-0.05, 0) is 41.5 Å². The molecule has 2 saturated heterocycles. The molecule has 0 saturated carbocycles. The van der Waals surface area contributed by atoms with Gasteiger partial charge >= 0.3 is 0 Å². The summed E-state index contributed by atoms with van der Waals surface area (Å²) in [7, 11) is 0. The minimum Gasteiger partial charge on any atom is -0.378 e. The van der Waals surface area contributed by atoms with Crippen LogP contribution in [0.3, 0.4) is 0 Å². The van der Waals surface area contributed by atoms with E-state index < -0.39 is 0 Å². The molecule has 2 fully saturated rings. The molecular weight excluding hydrogens is 300 g/mol. The van der Waals surface area contributed by atoms with Crippen LogP contribution >= 0.6 is 0 Å². The zero-order chi connectivity index (χ0) is 16.2. The zero-order valence-electron chi connectivity index (χ0n) is 13.9. The number of benzene rings is 2. The summed E-state index contributed by atoms with van der Waals surface area (Å²) in [6, 6.07) is 18.6. The number of anilines is 2.